The van der Waals surface area contributed by atoms with Gasteiger partial charge in [-0.15, -0.1) is 0 Å². The normalized spacial score (nSPS) is 28.8. The fourth-order valence-corrected chi connectivity index (χ4v) is 12.5. The van der Waals surface area contributed by atoms with Gasteiger partial charge in [0, 0.05) is 33.5 Å². The number of anilines is 3. The molecule has 78 heavy (non-hydrogen) atoms. The van der Waals surface area contributed by atoms with Crippen molar-refractivity contribution in [3.05, 3.63) is 46.0 Å². The molecular weight excluding hydrogens is 1110 g/mol. The van der Waals surface area contributed by atoms with Crippen LogP contribution in [0, 0.1) is 5.92 Å². The second-order valence-corrected chi connectivity index (χ2v) is 22.5. The van der Waals surface area contributed by atoms with Crippen molar-refractivity contribution >= 4 is 80.6 Å². The molecule has 3 aliphatic heterocycles. The zero-order valence-electron chi connectivity index (χ0n) is 40.9. The van der Waals surface area contributed by atoms with Crippen molar-refractivity contribution in [3.63, 3.8) is 0 Å². The molecule has 0 bridgehead atoms. The van der Waals surface area contributed by atoms with Crippen LogP contribution < -0.4 is 37.8 Å². The number of aliphatic hydroxyl groups is 3. The number of amides is 1. The predicted octanol–water partition coefficient (Wildman–Crippen LogP) is -4.75. The number of fused-ring (bicyclic) bond motifs is 3. The van der Waals surface area contributed by atoms with Crippen molar-refractivity contribution < 1.29 is 99.1 Å². The Kier molecular flexibility index (Phi) is 16.1. The molecule has 0 aromatic carbocycles. The summed E-state index contributed by atoms with van der Waals surface area (Å²) in [6, 6.07) is 0. The quantitative estimate of drug-likeness (QED) is 0.0140. The Morgan fingerprint density at radius 1 is 0.769 bits per heavy atom. The number of H-pyrrole nitrogens is 2. The maximum atomic E-state index is 13.3. The number of phosphoric acid groups is 3. The van der Waals surface area contributed by atoms with Crippen LogP contribution in [0.15, 0.2) is 34.9 Å². The van der Waals surface area contributed by atoms with E-state index in [1.807, 2.05) is 0 Å². The highest BCUT2D eigenvalue weighted by Gasteiger charge is 2.52. The van der Waals surface area contributed by atoms with Gasteiger partial charge in [0.15, 0.2) is 35.1 Å². The van der Waals surface area contributed by atoms with Crippen LogP contribution in [-0.4, -0.2) is 186 Å². The van der Waals surface area contributed by atoms with E-state index in [1.54, 1.807) is 0 Å². The smallest absolute Gasteiger partial charge is 0.487 e. The molecular formula is C37H51N16O22P3. The van der Waals surface area contributed by atoms with E-state index in [1.165, 1.54) is 64.1 Å². The van der Waals surface area contributed by atoms with Crippen LogP contribution in [0.3, 0.4) is 0 Å². The summed E-state index contributed by atoms with van der Waals surface area (Å²) >= 11 is 0. The van der Waals surface area contributed by atoms with Gasteiger partial charge in [-0.2, -0.15) is 18.8 Å². The average molecular weight is 1160 g/mol. The molecule has 3 fully saturated rings. The Bertz CT molecular complexity index is 3490. The zero-order chi connectivity index (χ0) is 56.3. The van der Waals surface area contributed by atoms with Gasteiger partial charge in [0.2, 0.25) is 30.4 Å². The Hall–Kier alpha value is -5.83. The highest BCUT2D eigenvalue weighted by atomic mass is 31.3. The molecule has 0 saturated carbocycles. The van der Waals surface area contributed by atoms with Crippen molar-refractivity contribution in [2.24, 2.45) is 13.0 Å². The van der Waals surface area contributed by atoms with Gasteiger partial charge in [-0.25, -0.2) is 37.9 Å². The number of imidazole rings is 3. The number of hydrogen-bond acceptors (Lipinski definition) is 29. The Morgan fingerprint density at radius 3 is 2.10 bits per heavy atom. The lowest BCUT2D eigenvalue weighted by molar-refractivity contribution is -0.646. The van der Waals surface area contributed by atoms with Crippen LogP contribution in [0.5, 0.6) is 0 Å². The standard InChI is InChI=1S/C37H51N16O22P3/c1-49(2)18(54)5-14-15(71-33(22(14)55)53-12-50(3)21-30(53)46-37(40)48-32(21)59)7-69-76(60,61)74-78(64,65)75-77(62,63)70-8-17-25(26(66-4)35(73-17)51-10-43-19-27(38)41-9-42-28(19)51)68-13-67-6-16-23(56)24(57)34(72-16)52-11-44-20-29(52)45-36(39)47-31(20)58/h9-12,14-17,22-26,33-35,55-57H,5-8,13H2,1-4H3,(H10-,38,39,40,41,42,45,46,47,48,58,59,60,61,62,63,64,65)/t14-,15-,16-,17-,22-,23-,24-,25-,26-,33-,34-,35-/m1/s1. The van der Waals surface area contributed by atoms with E-state index in [0.717, 1.165) is 12.7 Å². The highest BCUT2D eigenvalue weighted by molar-refractivity contribution is 7.66. The minimum absolute atomic E-state index is 0.00331. The average Bonchev–Trinajstić information content (AvgIpc) is 4.38. The van der Waals surface area contributed by atoms with E-state index in [2.05, 4.69) is 48.5 Å². The molecule has 13 N–H and O–H groups in total. The van der Waals surface area contributed by atoms with Crippen LogP contribution in [0.1, 0.15) is 25.1 Å². The molecule has 6 aromatic rings. The van der Waals surface area contributed by atoms with Crippen LogP contribution in [0.2, 0.25) is 0 Å². The maximum absolute atomic E-state index is 13.3. The largest absolute Gasteiger partial charge is 0.756 e. The second kappa shape index (κ2) is 22.0. The van der Waals surface area contributed by atoms with Gasteiger partial charge >= 0.3 is 21.2 Å². The number of aryl methyl sites for hydroxylation is 1. The van der Waals surface area contributed by atoms with E-state index in [-0.39, 0.29) is 51.2 Å². The lowest BCUT2D eigenvalue weighted by atomic mass is 9.94. The van der Waals surface area contributed by atoms with Gasteiger partial charge in [-0.3, -0.25) is 42.6 Å². The lowest BCUT2D eigenvalue weighted by Gasteiger charge is -2.27. The number of methoxy groups -OCH3 is 1. The summed E-state index contributed by atoms with van der Waals surface area (Å²) in [5.74, 6) is -2.32. The first-order chi connectivity index (χ1) is 36.8. The zero-order valence-corrected chi connectivity index (χ0v) is 43.6. The number of aromatic nitrogens is 12. The van der Waals surface area contributed by atoms with Gasteiger partial charge in [0.25, 0.3) is 24.5 Å². The second-order valence-electron chi connectivity index (χ2n) is 17.9. The number of carbonyl (C=O) groups is 1. The summed E-state index contributed by atoms with van der Waals surface area (Å²) in [4.78, 5) is 102. The molecule has 0 radical (unpaired) electrons. The Morgan fingerprint density at radius 2 is 1.40 bits per heavy atom. The van der Waals surface area contributed by atoms with Crippen LogP contribution in [0.25, 0.3) is 33.5 Å². The first-order valence-corrected chi connectivity index (χ1v) is 27.2. The molecule has 9 heterocycles. The number of nitrogens with one attached hydrogen (secondary N) is 2. The predicted molar refractivity (Wildman–Crippen MR) is 253 cm³/mol. The van der Waals surface area contributed by atoms with Crippen LogP contribution >= 0.6 is 23.5 Å². The molecule has 0 spiro atoms. The molecule has 41 heteroatoms. The first kappa shape index (κ1) is 56.9. The molecule has 6 aromatic heterocycles. The number of rotatable bonds is 21. The molecule has 3 aliphatic rings. The fourth-order valence-electron chi connectivity index (χ4n) is 9.02. The van der Waals surface area contributed by atoms with E-state index >= 15 is 0 Å². The summed E-state index contributed by atoms with van der Waals surface area (Å²) in [6.45, 7) is -3.22. The number of carbonyl (C=O) groups excluding carboxylic acids is 1. The topological polar surface area (TPSA) is 528 Å². The summed E-state index contributed by atoms with van der Waals surface area (Å²) < 4.78 is 98.3. The molecule has 0 aliphatic carbocycles. The summed E-state index contributed by atoms with van der Waals surface area (Å²) in [5, 5.41) is 33.2. The summed E-state index contributed by atoms with van der Waals surface area (Å²) in [7, 11) is -12.6. The molecule has 15 atom stereocenters. The minimum atomic E-state index is -6.20. The third-order valence-electron chi connectivity index (χ3n) is 12.6. The molecule has 3 unspecified atom stereocenters. The number of nitrogens with two attached hydrogens (primary N) is 3. The Balaban J connectivity index is 0.854. The third kappa shape index (κ3) is 11.5. The van der Waals surface area contributed by atoms with Crippen molar-refractivity contribution in [2.45, 2.75) is 73.9 Å². The van der Waals surface area contributed by atoms with Crippen molar-refractivity contribution in [1.29, 1.82) is 0 Å². The Labute approximate surface area is 435 Å². The molecule has 9 rings (SSSR count). The van der Waals surface area contributed by atoms with Crippen molar-refractivity contribution in [3.8, 4) is 0 Å². The SMILES string of the molecule is CO[C@@H]1[C@H](OCOC[C@H]2O[C@@H](n3cnc4c(=O)[nH]c(N)nc43)[C@H](O)[C@@H]2O)[C@@H](COP(=O)(O)OP(=O)(O)OP(=O)([O-])OC[C@H]2O[C@@H](n3c[n+](C)c4c(=O)[nH]c(N)nc43)[C@H](O)[C@@H]2CC(=O)N(C)C)O[C@H]1n1cnc2c(N)ncnc21. The number of ether oxygens (including phenoxy) is 6. The number of phosphoric ester groups is 2. The van der Waals surface area contributed by atoms with Crippen LogP contribution in [0.4, 0.5) is 17.7 Å². The minimum Gasteiger partial charge on any atom is -0.756 e. The van der Waals surface area contributed by atoms with E-state index in [9.17, 15) is 58.1 Å². The third-order valence-corrected chi connectivity index (χ3v) is 16.8. The lowest BCUT2D eigenvalue weighted by Crippen LogP contribution is -2.39. The van der Waals surface area contributed by atoms with Gasteiger partial charge < -0.3 is 85.0 Å². The van der Waals surface area contributed by atoms with E-state index in [0.29, 0.717) is 0 Å². The maximum Gasteiger partial charge on any atom is 0.487 e. The monoisotopic (exact) mass is 1160 g/mol. The fraction of sp³-hybridized carbons (Fsp3) is 0.568. The molecule has 1 amide bonds. The number of aromatic amines is 2. The molecule has 3 saturated heterocycles. The van der Waals surface area contributed by atoms with E-state index in [4.69, 9.17) is 54.7 Å². The van der Waals surface area contributed by atoms with Gasteiger partial charge in [0.1, 0.15) is 61.4 Å². The first-order valence-electron chi connectivity index (χ1n) is 22.8. The van der Waals surface area contributed by atoms with Gasteiger partial charge in [0.05, 0.1) is 45.6 Å². The van der Waals surface area contributed by atoms with Crippen LogP contribution in [-0.2, 0) is 71.6 Å². The van der Waals surface area contributed by atoms with Crippen molar-refractivity contribution in [2.75, 3.05) is 65.0 Å². The van der Waals surface area contributed by atoms with E-state index < -0.39 is 147 Å². The number of hydrogen-bond donors (Lipinski definition) is 10. The molecule has 426 valence electrons. The summed E-state index contributed by atoms with van der Waals surface area (Å²) in [6.07, 6.45) is -11.1. The van der Waals surface area contributed by atoms with Crippen molar-refractivity contribution in [1.82, 2.24) is 58.5 Å². The highest BCUT2D eigenvalue weighted by Crippen LogP contribution is 2.67. The molecule has 38 nitrogen and oxygen atoms in total. The van der Waals surface area contributed by atoms with Gasteiger partial charge in [-0.05, 0) is 0 Å². The summed E-state index contributed by atoms with van der Waals surface area (Å²) in [5.41, 5.74) is 16.2. The van der Waals surface area contributed by atoms with Gasteiger partial charge in [-0.1, -0.05) is 0 Å². The number of nitrogen functional groups attached to an aromatic ring is 3. The number of aliphatic hydroxyl groups excluding tert-OH is 3. The number of nitrogens with zero attached hydrogens (tertiary/aromatic N) is 11.